The van der Waals surface area contributed by atoms with E-state index in [1.807, 2.05) is 6.07 Å². The van der Waals surface area contributed by atoms with Crippen LogP contribution in [0.3, 0.4) is 0 Å². The summed E-state index contributed by atoms with van der Waals surface area (Å²) in [4.78, 5) is 19.7. The smallest absolute Gasteiger partial charge is 0.371 e. The average Bonchev–Trinajstić information content (AvgIpc) is 3.26. The van der Waals surface area contributed by atoms with Gasteiger partial charge < -0.3 is 10.1 Å². The molecule has 0 unspecified atom stereocenters. The molecule has 1 fully saturated rings. The number of aromatic nitrogens is 4. The van der Waals surface area contributed by atoms with E-state index in [4.69, 9.17) is 16.3 Å². The van der Waals surface area contributed by atoms with Crippen molar-refractivity contribution in [1.29, 1.82) is 0 Å². The van der Waals surface area contributed by atoms with Crippen molar-refractivity contribution >= 4 is 29.8 Å². The van der Waals surface area contributed by atoms with Gasteiger partial charge in [0.05, 0.1) is 36.9 Å². The van der Waals surface area contributed by atoms with E-state index in [0.717, 1.165) is 23.0 Å². The van der Waals surface area contributed by atoms with Gasteiger partial charge in [0.25, 0.3) is 0 Å². The highest BCUT2D eigenvalue weighted by Crippen LogP contribution is 2.28. The quantitative estimate of drug-likeness (QED) is 0.550. The lowest BCUT2D eigenvalue weighted by molar-refractivity contribution is -0.141. The lowest BCUT2D eigenvalue weighted by Crippen LogP contribution is -2.33. The molecule has 2 aromatic heterocycles. The van der Waals surface area contributed by atoms with Gasteiger partial charge in [0.15, 0.2) is 17.3 Å². The Kier molecular flexibility index (Phi) is 7.50. The minimum Gasteiger partial charge on any atom is -0.371 e. The second kappa shape index (κ2) is 9.95. The van der Waals surface area contributed by atoms with Crippen LogP contribution in [-0.4, -0.2) is 45.2 Å². The topological polar surface area (TPSA) is 81.9 Å². The van der Waals surface area contributed by atoms with Gasteiger partial charge in [0.2, 0.25) is 0 Å². The number of ketones is 1. The summed E-state index contributed by atoms with van der Waals surface area (Å²) in [6, 6.07) is 5.42. The van der Waals surface area contributed by atoms with Crippen LogP contribution in [0.15, 0.2) is 43.0 Å². The number of ether oxygens (including phenoxy) is 1. The van der Waals surface area contributed by atoms with Crippen LogP contribution in [-0.2, 0) is 17.3 Å². The second-order valence-corrected chi connectivity index (χ2v) is 7.36. The number of hydrogen-bond acceptors (Lipinski definition) is 6. The van der Waals surface area contributed by atoms with E-state index in [0.29, 0.717) is 29.9 Å². The standard InChI is InChI=1S/C20H17ClF3N5O2.ClH/c21-15-5-13(17-8-25-3-4-31-17)2-1-12(15)6-16(30)14-7-27-29(11-14)19-10-26-9-18(28-19)20(22,23)24;/h1-2,5,7,9-11,17,25H,3-4,6,8H2;1H/t17-;/m1./s1. The Balaban J connectivity index is 0.00000289. The van der Waals surface area contributed by atoms with Crippen LogP contribution in [0.5, 0.6) is 0 Å². The highest BCUT2D eigenvalue weighted by Gasteiger charge is 2.33. The number of carbonyl (C=O) groups excluding carboxylic acids is 1. The van der Waals surface area contributed by atoms with Crippen LogP contribution in [0.2, 0.25) is 5.02 Å². The van der Waals surface area contributed by atoms with Crippen molar-refractivity contribution in [2.75, 3.05) is 19.7 Å². The number of alkyl halides is 3. The zero-order valence-corrected chi connectivity index (χ0v) is 18.0. The predicted octanol–water partition coefficient (Wildman–Crippen LogP) is 3.84. The van der Waals surface area contributed by atoms with Crippen LogP contribution in [0.25, 0.3) is 5.82 Å². The highest BCUT2D eigenvalue weighted by atomic mass is 35.5. The molecule has 3 aromatic rings. The van der Waals surface area contributed by atoms with Gasteiger partial charge in [-0.3, -0.25) is 9.78 Å². The summed E-state index contributed by atoms with van der Waals surface area (Å²) in [6.07, 6.45) is -0.361. The van der Waals surface area contributed by atoms with E-state index in [9.17, 15) is 18.0 Å². The van der Waals surface area contributed by atoms with Crippen molar-refractivity contribution in [3.8, 4) is 5.82 Å². The van der Waals surface area contributed by atoms with Crippen molar-refractivity contribution in [3.63, 3.8) is 0 Å². The van der Waals surface area contributed by atoms with E-state index >= 15 is 0 Å². The Morgan fingerprint density at radius 2 is 2.09 bits per heavy atom. The first-order chi connectivity index (χ1) is 14.8. The van der Waals surface area contributed by atoms with Crippen molar-refractivity contribution in [1.82, 2.24) is 25.1 Å². The number of carbonyl (C=O) groups is 1. The van der Waals surface area contributed by atoms with Gasteiger partial charge in [0.1, 0.15) is 0 Å². The zero-order valence-electron chi connectivity index (χ0n) is 16.5. The van der Waals surface area contributed by atoms with Gasteiger partial charge in [0, 0.05) is 30.7 Å². The molecule has 0 saturated carbocycles. The Bertz CT molecular complexity index is 1100. The van der Waals surface area contributed by atoms with Gasteiger partial charge in [-0.1, -0.05) is 23.7 Å². The first kappa shape index (κ1) is 24.1. The molecule has 0 radical (unpaired) electrons. The van der Waals surface area contributed by atoms with E-state index < -0.39 is 11.9 Å². The maximum atomic E-state index is 12.8. The monoisotopic (exact) mass is 487 g/mol. The van der Waals surface area contributed by atoms with Crippen molar-refractivity contribution in [2.45, 2.75) is 18.7 Å². The average molecular weight is 488 g/mol. The van der Waals surface area contributed by atoms with E-state index in [1.165, 1.54) is 12.4 Å². The molecule has 0 aliphatic carbocycles. The van der Waals surface area contributed by atoms with Gasteiger partial charge in [-0.15, -0.1) is 12.4 Å². The largest absolute Gasteiger partial charge is 0.434 e. The van der Waals surface area contributed by atoms with Crippen molar-refractivity contribution in [3.05, 3.63) is 70.4 Å². The molecule has 1 atom stereocenters. The number of halogens is 5. The molecule has 4 rings (SSSR count). The van der Waals surface area contributed by atoms with Gasteiger partial charge in [-0.2, -0.15) is 18.3 Å². The number of benzene rings is 1. The number of nitrogens with zero attached hydrogens (tertiary/aromatic N) is 4. The molecule has 12 heteroatoms. The molecule has 1 N–H and O–H groups in total. The lowest BCUT2D eigenvalue weighted by Gasteiger charge is -2.24. The van der Waals surface area contributed by atoms with Gasteiger partial charge >= 0.3 is 6.18 Å². The fraction of sp³-hybridized carbons (Fsp3) is 0.300. The third-order valence-corrected chi connectivity index (χ3v) is 5.13. The SMILES string of the molecule is Cl.O=C(Cc1ccc([C@H]2CNCCO2)cc1Cl)c1cnn(-c2cncc(C(F)(F)F)n2)c1. The van der Waals surface area contributed by atoms with Crippen molar-refractivity contribution in [2.24, 2.45) is 0 Å². The molecule has 0 amide bonds. The molecule has 1 aliphatic heterocycles. The zero-order chi connectivity index (χ0) is 22.0. The molecular weight excluding hydrogens is 470 g/mol. The molecule has 32 heavy (non-hydrogen) atoms. The maximum Gasteiger partial charge on any atom is 0.434 e. The lowest BCUT2D eigenvalue weighted by atomic mass is 10.0. The number of rotatable bonds is 5. The fourth-order valence-electron chi connectivity index (χ4n) is 3.16. The molecule has 170 valence electrons. The highest BCUT2D eigenvalue weighted by molar-refractivity contribution is 6.31. The number of nitrogens with one attached hydrogen (secondary N) is 1. The van der Waals surface area contributed by atoms with E-state index in [1.54, 1.807) is 12.1 Å². The first-order valence-electron chi connectivity index (χ1n) is 9.39. The Labute approximate surface area is 192 Å². The third kappa shape index (κ3) is 5.44. The maximum absolute atomic E-state index is 12.8. The Morgan fingerprint density at radius 1 is 1.28 bits per heavy atom. The summed E-state index contributed by atoms with van der Waals surface area (Å²) in [6.45, 7) is 2.10. The number of Topliss-reactive ketones (excluding diaryl/α,β-unsaturated/α-hetero) is 1. The fourth-order valence-corrected chi connectivity index (χ4v) is 3.41. The van der Waals surface area contributed by atoms with E-state index in [2.05, 4.69) is 20.4 Å². The molecule has 3 heterocycles. The van der Waals surface area contributed by atoms with E-state index in [-0.39, 0.29) is 42.1 Å². The number of morpholine rings is 1. The first-order valence-corrected chi connectivity index (χ1v) is 9.77. The van der Waals surface area contributed by atoms with Crippen LogP contribution >= 0.6 is 24.0 Å². The summed E-state index contributed by atoms with van der Waals surface area (Å²) < 4.78 is 45.3. The molecule has 1 aliphatic rings. The van der Waals surface area contributed by atoms with Crippen LogP contribution in [0, 0.1) is 0 Å². The van der Waals surface area contributed by atoms with Gasteiger partial charge in [-0.25, -0.2) is 9.67 Å². The molecule has 1 saturated heterocycles. The molecular formula is C20H18Cl2F3N5O2. The van der Waals surface area contributed by atoms with Gasteiger partial charge in [-0.05, 0) is 17.2 Å². The van der Waals surface area contributed by atoms with Crippen molar-refractivity contribution < 1.29 is 22.7 Å². The summed E-state index contributed by atoms with van der Waals surface area (Å²) in [5, 5.41) is 7.63. The minimum absolute atomic E-state index is 0. The molecule has 1 aromatic carbocycles. The summed E-state index contributed by atoms with van der Waals surface area (Å²) >= 11 is 6.37. The van der Waals surface area contributed by atoms with Crippen LogP contribution in [0.4, 0.5) is 13.2 Å². The Morgan fingerprint density at radius 3 is 2.78 bits per heavy atom. The number of hydrogen-bond donors (Lipinski definition) is 1. The molecule has 0 spiro atoms. The minimum atomic E-state index is -4.63. The molecule has 7 nitrogen and oxygen atoms in total. The second-order valence-electron chi connectivity index (χ2n) is 6.95. The van der Waals surface area contributed by atoms with Crippen LogP contribution in [0.1, 0.15) is 33.3 Å². The van der Waals surface area contributed by atoms with Crippen LogP contribution < -0.4 is 5.32 Å². The summed E-state index contributed by atoms with van der Waals surface area (Å²) in [5.41, 5.74) is 0.631. The Hall–Kier alpha value is -2.53. The summed E-state index contributed by atoms with van der Waals surface area (Å²) in [5.74, 6) is -0.422. The molecule has 0 bridgehead atoms. The summed E-state index contributed by atoms with van der Waals surface area (Å²) in [7, 11) is 0. The normalized spacial score (nSPS) is 16.4. The predicted molar refractivity (Wildman–Crippen MR) is 112 cm³/mol. The third-order valence-electron chi connectivity index (χ3n) is 4.78.